The van der Waals surface area contributed by atoms with Crippen LogP contribution in [0.5, 0.6) is 0 Å². The summed E-state index contributed by atoms with van der Waals surface area (Å²) >= 11 is 1.53. The van der Waals surface area contributed by atoms with Crippen LogP contribution in [0.25, 0.3) is 0 Å². The molecule has 0 spiro atoms. The second-order valence-electron chi connectivity index (χ2n) is 5.89. The van der Waals surface area contributed by atoms with Gasteiger partial charge in [0.25, 0.3) is 0 Å². The molecule has 144 valence electrons. The minimum atomic E-state index is -0.640. The first-order valence-corrected chi connectivity index (χ1v) is 10.1. The monoisotopic (exact) mass is 386 g/mol. The minimum absolute atomic E-state index is 0.0971. The first-order chi connectivity index (χ1) is 13.1. The summed E-state index contributed by atoms with van der Waals surface area (Å²) in [6.07, 6.45) is -0.585. The van der Waals surface area contributed by atoms with Gasteiger partial charge in [0, 0.05) is 23.7 Å². The van der Waals surface area contributed by atoms with Crippen molar-refractivity contribution in [3.05, 3.63) is 66.2 Å². The lowest BCUT2D eigenvalue weighted by Gasteiger charge is -2.25. The van der Waals surface area contributed by atoms with E-state index in [-0.39, 0.29) is 12.5 Å². The number of carbonyl (C=O) groups is 2. The molecule has 6 heteroatoms. The third kappa shape index (κ3) is 6.98. The van der Waals surface area contributed by atoms with Gasteiger partial charge in [0.05, 0.1) is 0 Å². The van der Waals surface area contributed by atoms with Crippen molar-refractivity contribution in [2.75, 3.05) is 18.8 Å². The summed E-state index contributed by atoms with van der Waals surface area (Å²) in [5, 5.41) is 2.73. The van der Waals surface area contributed by atoms with E-state index >= 15 is 0 Å². The molecule has 2 amide bonds. The lowest BCUT2D eigenvalue weighted by molar-refractivity contribution is -0.132. The van der Waals surface area contributed by atoms with Crippen molar-refractivity contribution >= 4 is 23.8 Å². The summed E-state index contributed by atoms with van der Waals surface area (Å²) in [5.41, 5.74) is 0.901. The number of nitrogens with zero attached hydrogens (tertiary/aromatic N) is 1. The van der Waals surface area contributed by atoms with Crippen LogP contribution in [-0.2, 0) is 16.1 Å². The minimum Gasteiger partial charge on any atom is -0.445 e. The normalized spacial score (nSPS) is 11.5. The van der Waals surface area contributed by atoms with Crippen LogP contribution in [0.4, 0.5) is 4.79 Å². The number of hydrogen-bond acceptors (Lipinski definition) is 4. The number of ether oxygens (including phenoxy) is 1. The van der Waals surface area contributed by atoms with Crippen molar-refractivity contribution in [3.8, 4) is 0 Å². The molecule has 0 heterocycles. The first kappa shape index (κ1) is 20.8. The summed E-state index contributed by atoms with van der Waals surface area (Å²) in [6.45, 7) is 5.23. The maximum atomic E-state index is 12.8. The summed E-state index contributed by atoms with van der Waals surface area (Å²) < 4.78 is 5.28. The van der Waals surface area contributed by atoms with Gasteiger partial charge >= 0.3 is 6.09 Å². The van der Waals surface area contributed by atoms with Crippen LogP contribution in [0.1, 0.15) is 19.4 Å². The zero-order valence-electron chi connectivity index (χ0n) is 15.8. The molecule has 0 aliphatic heterocycles. The van der Waals surface area contributed by atoms with Crippen molar-refractivity contribution in [3.63, 3.8) is 0 Å². The standard InChI is InChI=1S/C21H26N2O3S/c1-3-23(4-2)20(24)19(16-27-18-13-9-6-10-14-18)22-21(25)26-15-17-11-7-5-8-12-17/h5-14,19H,3-4,15-16H2,1-2H3,(H,22,25)/t19-/m0/s1. The van der Waals surface area contributed by atoms with E-state index in [1.165, 1.54) is 11.8 Å². The Kier molecular flexibility index (Phi) is 8.71. The summed E-state index contributed by atoms with van der Waals surface area (Å²) in [5.74, 6) is 0.347. The summed E-state index contributed by atoms with van der Waals surface area (Å²) in [4.78, 5) is 27.8. The van der Waals surface area contributed by atoms with E-state index in [4.69, 9.17) is 4.74 Å². The van der Waals surface area contributed by atoms with Gasteiger partial charge in [-0.15, -0.1) is 11.8 Å². The average molecular weight is 387 g/mol. The number of likely N-dealkylation sites (N-methyl/N-ethyl adjacent to an activating group) is 1. The van der Waals surface area contributed by atoms with Crippen molar-refractivity contribution < 1.29 is 14.3 Å². The van der Waals surface area contributed by atoms with Gasteiger partial charge < -0.3 is 15.0 Å². The van der Waals surface area contributed by atoms with E-state index in [0.717, 1.165) is 10.5 Å². The van der Waals surface area contributed by atoms with E-state index in [0.29, 0.717) is 18.8 Å². The molecule has 0 aliphatic rings. The maximum absolute atomic E-state index is 12.8. The third-order valence-corrected chi connectivity index (χ3v) is 5.14. The maximum Gasteiger partial charge on any atom is 0.408 e. The Morgan fingerprint density at radius 3 is 2.19 bits per heavy atom. The SMILES string of the molecule is CCN(CC)C(=O)[C@H](CSc1ccccc1)NC(=O)OCc1ccccc1. The zero-order valence-corrected chi connectivity index (χ0v) is 16.6. The number of thioether (sulfide) groups is 1. The molecule has 2 rings (SSSR count). The van der Waals surface area contributed by atoms with Gasteiger partial charge in [-0.1, -0.05) is 48.5 Å². The van der Waals surface area contributed by atoms with Crippen LogP contribution >= 0.6 is 11.8 Å². The molecular weight excluding hydrogens is 360 g/mol. The number of hydrogen-bond donors (Lipinski definition) is 1. The Balaban J connectivity index is 1.97. The first-order valence-electron chi connectivity index (χ1n) is 9.07. The Morgan fingerprint density at radius 1 is 1.00 bits per heavy atom. The van der Waals surface area contributed by atoms with Gasteiger partial charge in [0.2, 0.25) is 5.91 Å². The zero-order chi connectivity index (χ0) is 19.5. The van der Waals surface area contributed by atoms with Gasteiger partial charge in [-0.05, 0) is 31.5 Å². The molecule has 0 saturated heterocycles. The number of benzene rings is 2. The number of amides is 2. The van der Waals surface area contributed by atoms with Crippen LogP contribution in [0.3, 0.4) is 0 Å². The number of nitrogens with one attached hydrogen (secondary N) is 1. The highest BCUT2D eigenvalue weighted by atomic mass is 32.2. The Hall–Kier alpha value is -2.47. The van der Waals surface area contributed by atoms with Crippen LogP contribution in [0.15, 0.2) is 65.6 Å². The van der Waals surface area contributed by atoms with Gasteiger partial charge in [-0.3, -0.25) is 4.79 Å². The quantitative estimate of drug-likeness (QED) is 0.663. The van der Waals surface area contributed by atoms with Crippen LogP contribution in [0, 0.1) is 0 Å². The molecule has 0 bridgehead atoms. The smallest absolute Gasteiger partial charge is 0.408 e. The van der Waals surface area contributed by atoms with E-state index in [9.17, 15) is 9.59 Å². The van der Waals surface area contributed by atoms with Crippen LogP contribution in [-0.4, -0.2) is 41.8 Å². The predicted octanol–water partition coefficient (Wildman–Crippen LogP) is 3.94. The molecule has 27 heavy (non-hydrogen) atoms. The molecule has 5 nitrogen and oxygen atoms in total. The highest BCUT2D eigenvalue weighted by molar-refractivity contribution is 7.99. The van der Waals surface area contributed by atoms with Crippen LogP contribution in [0.2, 0.25) is 0 Å². The fraction of sp³-hybridized carbons (Fsp3) is 0.333. The molecule has 0 radical (unpaired) electrons. The molecule has 1 atom stereocenters. The second kappa shape index (κ2) is 11.3. The summed E-state index contributed by atoms with van der Waals surface area (Å²) in [6, 6.07) is 18.6. The summed E-state index contributed by atoms with van der Waals surface area (Å²) in [7, 11) is 0. The topological polar surface area (TPSA) is 58.6 Å². The van der Waals surface area contributed by atoms with Gasteiger partial charge in [0.15, 0.2) is 0 Å². The fourth-order valence-electron chi connectivity index (χ4n) is 2.53. The lowest BCUT2D eigenvalue weighted by atomic mass is 10.2. The molecule has 0 aromatic heterocycles. The van der Waals surface area contributed by atoms with Gasteiger partial charge in [-0.2, -0.15) is 0 Å². The second-order valence-corrected chi connectivity index (χ2v) is 6.99. The molecule has 2 aromatic rings. The van der Waals surface area contributed by atoms with Crippen molar-refractivity contribution in [2.45, 2.75) is 31.4 Å². The molecule has 1 N–H and O–H groups in total. The highest BCUT2D eigenvalue weighted by Gasteiger charge is 2.25. The Bertz CT molecular complexity index is 706. The highest BCUT2D eigenvalue weighted by Crippen LogP contribution is 2.18. The molecule has 0 saturated carbocycles. The van der Waals surface area contributed by atoms with Crippen molar-refractivity contribution in [1.29, 1.82) is 0 Å². The number of rotatable bonds is 9. The Morgan fingerprint density at radius 2 is 1.59 bits per heavy atom. The van der Waals surface area contributed by atoms with Gasteiger partial charge in [0.1, 0.15) is 12.6 Å². The molecule has 0 aliphatic carbocycles. The molecule has 0 fully saturated rings. The largest absolute Gasteiger partial charge is 0.445 e. The van der Waals surface area contributed by atoms with E-state index < -0.39 is 12.1 Å². The van der Waals surface area contributed by atoms with Gasteiger partial charge in [-0.25, -0.2) is 4.79 Å². The molecule has 0 unspecified atom stereocenters. The van der Waals surface area contributed by atoms with E-state index in [1.54, 1.807) is 4.90 Å². The number of alkyl carbamates (subject to hydrolysis) is 1. The molecular formula is C21H26N2O3S. The fourth-order valence-corrected chi connectivity index (χ4v) is 3.47. The molecule has 2 aromatic carbocycles. The predicted molar refractivity (Wildman–Crippen MR) is 109 cm³/mol. The number of carbonyl (C=O) groups excluding carboxylic acids is 2. The van der Waals surface area contributed by atoms with Crippen molar-refractivity contribution in [2.24, 2.45) is 0 Å². The van der Waals surface area contributed by atoms with Crippen LogP contribution < -0.4 is 5.32 Å². The van der Waals surface area contributed by atoms with E-state index in [2.05, 4.69) is 5.32 Å². The average Bonchev–Trinajstić information content (AvgIpc) is 2.72. The third-order valence-electron chi connectivity index (χ3n) is 4.04. The van der Waals surface area contributed by atoms with E-state index in [1.807, 2.05) is 74.5 Å². The Labute approximate surface area is 165 Å². The van der Waals surface area contributed by atoms with Crippen molar-refractivity contribution in [1.82, 2.24) is 10.2 Å². The lowest BCUT2D eigenvalue weighted by Crippen LogP contribution is -2.50.